The summed E-state index contributed by atoms with van der Waals surface area (Å²) in [6.07, 6.45) is 2.34. The van der Waals surface area contributed by atoms with E-state index in [2.05, 4.69) is 41.1 Å². The Morgan fingerprint density at radius 3 is 2.25 bits per heavy atom. The molecule has 0 amide bonds. The van der Waals surface area contributed by atoms with Crippen LogP contribution in [0.5, 0.6) is 5.75 Å². The van der Waals surface area contributed by atoms with Crippen molar-refractivity contribution in [2.24, 2.45) is 0 Å². The lowest BCUT2D eigenvalue weighted by molar-refractivity contribution is 0.153. The van der Waals surface area contributed by atoms with Crippen LogP contribution in [0, 0.1) is 0 Å². The molecule has 2 aromatic carbocycles. The molecule has 24 heavy (non-hydrogen) atoms. The summed E-state index contributed by atoms with van der Waals surface area (Å²) < 4.78 is 5.92. The molecule has 0 N–H and O–H groups in total. The molecule has 3 rings (SSSR count). The van der Waals surface area contributed by atoms with E-state index in [1.165, 1.54) is 50.3 Å². The number of rotatable bonds is 7. The molecule has 128 valence electrons. The van der Waals surface area contributed by atoms with Crippen LogP contribution in [0.2, 0.25) is 0 Å². The van der Waals surface area contributed by atoms with E-state index in [1.807, 2.05) is 30.3 Å². The van der Waals surface area contributed by atoms with Gasteiger partial charge in [-0.1, -0.05) is 42.5 Å². The van der Waals surface area contributed by atoms with Crippen molar-refractivity contribution < 1.29 is 4.74 Å². The van der Waals surface area contributed by atoms with Crippen LogP contribution < -0.4 is 4.74 Å². The predicted molar refractivity (Wildman–Crippen MR) is 99.5 cm³/mol. The van der Waals surface area contributed by atoms with Gasteiger partial charge in [-0.3, -0.25) is 0 Å². The molecule has 3 heteroatoms. The average Bonchev–Trinajstić information content (AvgIpc) is 2.63. The molecule has 1 aliphatic rings. The third-order valence-corrected chi connectivity index (χ3v) is 4.77. The molecule has 0 unspecified atom stereocenters. The van der Waals surface area contributed by atoms with E-state index in [0.717, 1.165) is 12.2 Å². The zero-order chi connectivity index (χ0) is 16.6. The highest BCUT2D eigenvalue weighted by atomic mass is 16.5. The molecule has 0 bridgehead atoms. The first-order valence-corrected chi connectivity index (χ1v) is 8.97. The van der Waals surface area contributed by atoms with E-state index in [9.17, 15) is 0 Å². The van der Waals surface area contributed by atoms with E-state index >= 15 is 0 Å². The Hall–Kier alpha value is -1.84. The molecule has 1 saturated heterocycles. The van der Waals surface area contributed by atoms with Gasteiger partial charge in [0.1, 0.15) is 12.4 Å². The van der Waals surface area contributed by atoms with Gasteiger partial charge in [0.25, 0.3) is 0 Å². The van der Waals surface area contributed by atoms with Gasteiger partial charge >= 0.3 is 0 Å². The van der Waals surface area contributed by atoms with Crippen LogP contribution in [0.4, 0.5) is 0 Å². The highest BCUT2D eigenvalue weighted by Crippen LogP contribution is 2.16. The monoisotopic (exact) mass is 324 g/mol. The standard InChI is InChI=1S/C21H28N2O/c1-22-14-16-23(17-15-22)13-7-10-19-8-5-6-9-20(19)18-24-21-11-3-2-4-12-21/h2-6,8-9,11-12H,7,10,13-18H2,1H3. The summed E-state index contributed by atoms with van der Waals surface area (Å²) in [6.45, 7) is 6.64. The third-order valence-electron chi connectivity index (χ3n) is 4.77. The summed E-state index contributed by atoms with van der Waals surface area (Å²) >= 11 is 0. The van der Waals surface area contributed by atoms with Crippen molar-refractivity contribution in [2.45, 2.75) is 19.4 Å². The van der Waals surface area contributed by atoms with Gasteiger partial charge < -0.3 is 14.5 Å². The molecule has 1 heterocycles. The summed E-state index contributed by atoms with van der Waals surface area (Å²) in [7, 11) is 2.21. The second-order valence-corrected chi connectivity index (χ2v) is 6.62. The number of benzene rings is 2. The number of ether oxygens (including phenoxy) is 1. The first kappa shape index (κ1) is 17.0. The van der Waals surface area contributed by atoms with Gasteiger partial charge in [-0.2, -0.15) is 0 Å². The molecule has 3 nitrogen and oxygen atoms in total. The molecular weight excluding hydrogens is 296 g/mol. The summed E-state index contributed by atoms with van der Waals surface area (Å²) in [4.78, 5) is 5.00. The van der Waals surface area contributed by atoms with Gasteiger partial charge in [-0.25, -0.2) is 0 Å². The van der Waals surface area contributed by atoms with Gasteiger partial charge in [0.05, 0.1) is 0 Å². The number of aryl methyl sites for hydroxylation is 1. The van der Waals surface area contributed by atoms with Crippen molar-refractivity contribution in [1.29, 1.82) is 0 Å². The van der Waals surface area contributed by atoms with Crippen LogP contribution in [0.1, 0.15) is 17.5 Å². The number of para-hydroxylation sites is 1. The third kappa shape index (κ3) is 5.08. The van der Waals surface area contributed by atoms with Crippen LogP contribution in [-0.4, -0.2) is 49.6 Å². The Labute approximate surface area is 145 Å². The van der Waals surface area contributed by atoms with E-state index in [-0.39, 0.29) is 0 Å². The maximum Gasteiger partial charge on any atom is 0.119 e. The lowest BCUT2D eigenvalue weighted by atomic mass is 10.0. The molecule has 1 aliphatic heterocycles. The Balaban J connectivity index is 1.48. The number of hydrogen-bond donors (Lipinski definition) is 0. The molecule has 0 aliphatic carbocycles. The molecule has 0 spiro atoms. The second-order valence-electron chi connectivity index (χ2n) is 6.62. The van der Waals surface area contributed by atoms with Crippen LogP contribution in [0.3, 0.4) is 0 Å². The summed E-state index contributed by atoms with van der Waals surface area (Å²) in [6, 6.07) is 18.7. The Morgan fingerprint density at radius 2 is 1.50 bits per heavy atom. The van der Waals surface area contributed by atoms with Crippen molar-refractivity contribution in [3.05, 3.63) is 65.7 Å². The van der Waals surface area contributed by atoms with E-state index in [0.29, 0.717) is 6.61 Å². The van der Waals surface area contributed by atoms with Crippen molar-refractivity contribution >= 4 is 0 Å². The Kier molecular flexibility index (Phi) is 6.27. The normalized spacial score (nSPS) is 16.2. The number of hydrogen-bond acceptors (Lipinski definition) is 3. The van der Waals surface area contributed by atoms with Crippen LogP contribution in [0.15, 0.2) is 54.6 Å². The van der Waals surface area contributed by atoms with Gasteiger partial charge in [0.15, 0.2) is 0 Å². The van der Waals surface area contributed by atoms with Crippen LogP contribution in [0.25, 0.3) is 0 Å². The maximum atomic E-state index is 5.92. The molecule has 0 atom stereocenters. The summed E-state index contributed by atoms with van der Waals surface area (Å²) in [5.74, 6) is 0.935. The van der Waals surface area contributed by atoms with E-state index in [1.54, 1.807) is 0 Å². The van der Waals surface area contributed by atoms with Gasteiger partial charge in [-0.05, 0) is 49.7 Å². The van der Waals surface area contributed by atoms with Crippen molar-refractivity contribution in [3.8, 4) is 5.75 Å². The van der Waals surface area contributed by atoms with E-state index in [4.69, 9.17) is 4.74 Å². The van der Waals surface area contributed by atoms with Crippen LogP contribution in [-0.2, 0) is 13.0 Å². The molecule has 2 aromatic rings. The topological polar surface area (TPSA) is 15.7 Å². The molecular formula is C21H28N2O. The van der Waals surface area contributed by atoms with Crippen LogP contribution >= 0.6 is 0 Å². The summed E-state index contributed by atoms with van der Waals surface area (Å²) in [5.41, 5.74) is 2.72. The van der Waals surface area contributed by atoms with Crippen molar-refractivity contribution in [3.63, 3.8) is 0 Å². The fourth-order valence-corrected chi connectivity index (χ4v) is 3.18. The Morgan fingerprint density at radius 1 is 0.833 bits per heavy atom. The molecule has 1 fully saturated rings. The molecule has 0 radical (unpaired) electrons. The first-order valence-electron chi connectivity index (χ1n) is 8.97. The highest BCUT2D eigenvalue weighted by molar-refractivity contribution is 5.28. The average molecular weight is 324 g/mol. The van der Waals surface area contributed by atoms with Gasteiger partial charge in [-0.15, -0.1) is 0 Å². The lowest BCUT2D eigenvalue weighted by Gasteiger charge is -2.32. The minimum Gasteiger partial charge on any atom is -0.489 e. The van der Waals surface area contributed by atoms with Crippen molar-refractivity contribution in [2.75, 3.05) is 39.8 Å². The zero-order valence-electron chi connectivity index (χ0n) is 14.7. The minimum atomic E-state index is 0.648. The van der Waals surface area contributed by atoms with Gasteiger partial charge in [0, 0.05) is 26.2 Å². The fourth-order valence-electron chi connectivity index (χ4n) is 3.18. The summed E-state index contributed by atoms with van der Waals surface area (Å²) in [5, 5.41) is 0. The zero-order valence-corrected chi connectivity index (χ0v) is 14.7. The fraction of sp³-hybridized carbons (Fsp3) is 0.429. The second kappa shape index (κ2) is 8.86. The van der Waals surface area contributed by atoms with Crippen molar-refractivity contribution in [1.82, 2.24) is 9.80 Å². The largest absolute Gasteiger partial charge is 0.489 e. The lowest BCUT2D eigenvalue weighted by Crippen LogP contribution is -2.44. The number of likely N-dealkylation sites (N-methyl/N-ethyl adjacent to an activating group) is 1. The predicted octanol–water partition coefficient (Wildman–Crippen LogP) is 3.45. The van der Waals surface area contributed by atoms with E-state index < -0.39 is 0 Å². The highest BCUT2D eigenvalue weighted by Gasteiger charge is 2.13. The Bertz CT molecular complexity index is 606. The number of piperazine rings is 1. The number of nitrogens with zero attached hydrogens (tertiary/aromatic N) is 2. The first-order chi connectivity index (χ1) is 11.8. The smallest absolute Gasteiger partial charge is 0.119 e. The quantitative estimate of drug-likeness (QED) is 0.776. The maximum absolute atomic E-state index is 5.92. The van der Waals surface area contributed by atoms with Gasteiger partial charge in [0.2, 0.25) is 0 Å². The molecule has 0 aromatic heterocycles. The SMILES string of the molecule is CN1CCN(CCCc2ccccc2COc2ccccc2)CC1. The molecule has 0 saturated carbocycles. The minimum absolute atomic E-state index is 0.648.